The van der Waals surface area contributed by atoms with Crippen molar-refractivity contribution < 1.29 is 9.53 Å². The summed E-state index contributed by atoms with van der Waals surface area (Å²) in [4.78, 5) is 12.2. The highest BCUT2D eigenvalue weighted by Crippen LogP contribution is 2.43. The van der Waals surface area contributed by atoms with Crippen LogP contribution >= 0.6 is 12.4 Å². The molecule has 0 heterocycles. The Kier molecular flexibility index (Phi) is 7.27. The number of methoxy groups -OCH3 is 1. The number of nitrogens with one attached hydrogen (secondary N) is 1. The van der Waals surface area contributed by atoms with Crippen molar-refractivity contribution in [1.29, 1.82) is 0 Å². The van der Waals surface area contributed by atoms with Gasteiger partial charge in [0.25, 0.3) is 0 Å². The van der Waals surface area contributed by atoms with Crippen LogP contribution in [0, 0.1) is 11.3 Å². The predicted molar refractivity (Wildman–Crippen MR) is 83.0 cm³/mol. The van der Waals surface area contributed by atoms with E-state index in [0.29, 0.717) is 5.41 Å². The average Bonchev–Trinajstić information content (AvgIpc) is 2.37. The van der Waals surface area contributed by atoms with Crippen LogP contribution in [-0.4, -0.2) is 32.2 Å². The van der Waals surface area contributed by atoms with Crippen LogP contribution in [0.25, 0.3) is 0 Å². The van der Waals surface area contributed by atoms with Gasteiger partial charge >= 0.3 is 0 Å². The minimum atomic E-state index is 0. The highest BCUT2D eigenvalue weighted by Gasteiger charge is 2.37. The molecule has 0 aliphatic heterocycles. The minimum Gasteiger partial charge on any atom is -0.385 e. The lowest BCUT2D eigenvalue weighted by Gasteiger charge is -2.42. The van der Waals surface area contributed by atoms with Crippen molar-refractivity contribution in [3.63, 3.8) is 0 Å². The van der Waals surface area contributed by atoms with Crippen molar-refractivity contribution >= 4 is 18.3 Å². The van der Waals surface area contributed by atoms with Gasteiger partial charge < -0.3 is 15.8 Å². The van der Waals surface area contributed by atoms with Crippen LogP contribution < -0.4 is 11.1 Å². The van der Waals surface area contributed by atoms with Gasteiger partial charge in [-0.15, -0.1) is 12.4 Å². The van der Waals surface area contributed by atoms with Gasteiger partial charge in [-0.25, -0.2) is 0 Å². The lowest BCUT2D eigenvalue weighted by atomic mass is 9.66. The molecule has 3 N–H and O–H groups in total. The molecule has 0 saturated heterocycles. The third-order valence-corrected chi connectivity index (χ3v) is 4.97. The molecule has 2 aliphatic carbocycles. The molecule has 2 aliphatic rings. The highest BCUT2D eigenvalue weighted by molar-refractivity contribution is 5.85. The molecule has 2 rings (SSSR count). The second kappa shape index (κ2) is 8.20. The Morgan fingerprint density at radius 3 is 2.65 bits per heavy atom. The number of hydrogen-bond donors (Lipinski definition) is 2. The van der Waals surface area contributed by atoms with E-state index in [1.165, 1.54) is 19.3 Å². The van der Waals surface area contributed by atoms with E-state index in [4.69, 9.17) is 10.5 Å². The third kappa shape index (κ3) is 4.61. The quantitative estimate of drug-likeness (QED) is 0.791. The van der Waals surface area contributed by atoms with Crippen molar-refractivity contribution in [2.75, 3.05) is 20.3 Å². The molecule has 2 atom stereocenters. The van der Waals surface area contributed by atoms with Gasteiger partial charge in [-0.3, -0.25) is 4.79 Å². The van der Waals surface area contributed by atoms with E-state index < -0.39 is 0 Å². The van der Waals surface area contributed by atoms with Gasteiger partial charge in [0.05, 0.1) is 0 Å². The van der Waals surface area contributed by atoms with Crippen LogP contribution in [0.4, 0.5) is 0 Å². The Balaban J connectivity index is 0.00000200. The molecule has 1 amide bonds. The van der Waals surface area contributed by atoms with Gasteiger partial charge in [0.2, 0.25) is 5.91 Å². The molecule has 5 heteroatoms. The maximum atomic E-state index is 12.2. The molecule has 0 bridgehead atoms. The van der Waals surface area contributed by atoms with Crippen molar-refractivity contribution in [3.05, 3.63) is 0 Å². The van der Waals surface area contributed by atoms with E-state index in [1.54, 1.807) is 7.11 Å². The second-order valence-electron chi connectivity index (χ2n) is 6.44. The molecule has 118 valence electrons. The van der Waals surface area contributed by atoms with Crippen molar-refractivity contribution in [2.45, 2.75) is 57.4 Å². The van der Waals surface area contributed by atoms with E-state index in [2.05, 4.69) is 5.32 Å². The van der Waals surface area contributed by atoms with E-state index in [1.807, 2.05) is 0 Å². The molecule has 2 saturated carbocycles. The van der Waals surface area contributed by atoms with Gasteiger partial charge in [0.1, 0.15) is 0 Å². The van der Waals surface area contributed by atoms with Crippen LogP contribution in [0.5, 0.6) is 0 Å². The number of hydrogen-bond acceptors (Lipinski definition) is 3. The summed E-state index contributed by atoms with van der Waals surface area (Å²) >= 11 is 0. The zero-order valence-corrected chi connectivity index (χ0v) is 13.3. The molecule has 0 aromatic carbocycles. The fourth-order valence-electron chi connectivity index (χ4n) is 3.40. The van der Waals surface area contributed by atoms with Crippen LogP contribution in [0.1, 0.15) is 51.4 Å². The third-order valence-electron chi connectivity index (χ3n) is 4.97. The Hall–Kier alpha value is -0.320. The SMILES string of the molecule is COCCC1(CNC(=O)C2CCCC(N)C2)CCC1.Cl. The summed E-state index contributed by atoms with van der Waals surface area (Å²) in [5.74, 6) is 0.363. The fraction of sp³-hybridized carbons (Fsp3) is 0.933. The molecular formula is C15H29ClN2O2. The Labute approximate surface area is 128 Å². The second-order valence-corrected chi connectivity index (χ2v) is 6.44. The zero-order chi connectivity index (χ0) is 13.7. The lowest BCUT2D eigenvalue weighted by molar-refractivity contribution is -0.127. The number of carbonyl (C=O) groups excluding carboxylic acids is 1. The summed E-state index contributed by atoms with van der Waals surface area (Å²) in [6.45, 7) is 1.62. The summed E-state index contributed by atoms with van der Waals surface area (Å²) < 4.78 is 5.18. The minimum absolute atomic E-state index is 0. The van der Waals surface area contributed by atoms with Gasteiger partial charge in [0.15, 0.2) is 0 Å². The topological polar surface area (TPSA) is 64.3 Å². The first kappa shape index (κ1) is 17.7. The number of ether oxygens (including phenoxy) is 1. The summed E-state index contributed by atoms with van der Waals surface area (Å²) in [5.41, 5.74) is 6.26. The largest absolute Gasteiger partial charge is 0.385 e. The highest BCUT2D eigenvalue weighted by atomic mass is 35.5. The maximum absolute atomic E-state index is 12.2. The molecule has 2 fully saturated rings. The van der Waals surface area contributed by atoms with Crippen LogP contribution in [0.3, 0.4) is 0 Å². The number of amides is 1. The Morgan fingerprint density at radius 2 is 2.10 bits per heavy atom. The van der Waals surface area contributed by atoms with Crippen LogP contribution in [0.2, 0.25) is 0 Å². The molecule has 0 spiro atoms. The van der Waals surface area contributed by atoms with Gasteiger partial charge in [-0.1, -0.05) is 12.8 Å². The molecule has 0 aromatic rings. The molecule has 4 nitrogen and oxygen atoms in total. The van der Waals surface area contributed by atoms with Gasteiger partial charge in [0, 0.05) is 32.2 Å². The molecule has 0 aromatic heterocycles. The molecule has 0 radical (unpaired) electrons. The Bertz CT molecular complexity index is 308. The van der Waals surface area contributed by atoms with Crippen molar-refractivity contribution in [1.82, 2.24) is 5.32 Å². The van der Waals surface area contributed by atoms with Crippen LogP contribution in [0.15, 0.2) is 0 Å². The molecule has 20 heavy (non-hydrogen) atoms. The monoisotopic (exact) mass is 304 g/mol. The maximum Gasteiger partial charge on any atom is 0.223 e. The smallest absolute Gasteiger partial charge is 0.223 e. The summed E-state index contributed by atoms with van der Waals surface area (Å²) in [6, 6.07) is 0.218. The normalized spacial score (nSPS) is 28.1. The standard InChI is InChI=1S/C15H28N2O2.ClH/c1-19-9-8-15(6-3-7-15)11-17-14(18)12-4-2-5-13(16)10-12;/h12-13H,2-11,16H2,1H3,(H,17,18);1H. The van der Waals surface area contributed by atoms with Gasteiger partial charge in [-0.2, -0.15) is 0 Å². The van der Waals surface area contributed by atoms with E-state index in [-0.39, 0.29) is 30.3 Å². The first-order valence-corrected chi connectivity index (χ1v) is 7.67. The van der Waals surface area contributed by atoms with Crippen molar-refractivity contribution in [2.24, 2.45) is 17.1 Å². The number of rotatable bonds is 6. The first-order chi connectivity index (χ1) is 9.15. The fourth-order valence-corrected chi connectivity index (χ4v) is 3.40. The van der Waals surface area contributed by atoms with Gasteiger partial charge in [-0.05, 0) is 43.9 Å². The summed E-state index contributed by atoms with van der Waals surface area (Å²) in [6.07, 6.45) is 8.82. The molecular weight excluding hydrogens is 276 g/mol. The van der Waals surface area contributed by atoms with E-state index in [9.17, 15) is 4.79 Å². The van der Waals surface area contributed by atoms with E-state index >= 15 is 0 Å². The first-order valence-electron chi connectivity index (χ1n) is 7.67. The Morgan fingerprint density at radius 1 is 1.35 bits per heavy atom. The lowest BCUT2D eigenvalue weighted by Crippen LogP contribution is -2.45. The van der Waals surface area contributed by atoms with Crippen LogP contribution in [-0.2, 0) is 9.53 Å². The predicted octanol–water partition coefficient (Wildman–Crippen LogP) is 2.25. The number of nitrogens with two attached hydrogens (primary N) is 1. The summed E-state index contributed by atoms with van der Waals surface area (Å²) in [7, 11) is 1.74. The average molecular weight is 305 g/mol. The number of halogens is 1. The van der Waals surface area contributed by atoms with E-state index in [0.717, 1.165) is 45.3 Å². The molecule has 2 unspecified atom stereocenters. The zero-order valence-electron chi connectivity index (χ0n) is 12.5. The summed E-state index contributed by atoms with van der Waals surface area (Å²) in [5, 5.41) is 3.17. The number of carbonyl (C=O) groups is 1. The van der Waals surface area contributed by atoms with Crippen molar-refractivity contribution in [3.8, 4) is 0 Å².